The van der Waals surface area contributed by atoms with Gasteiger partial charge in [-0.25, -0.2) is 9.78 Å². The molecule has 0 N–H and O–H groups in total. The summed E-state index contributed by atoms with van der Waals surface area (Å²) in [5, 5.41) is 0. The van der Waals surface area contributed by atoms with Gasteiger partial charge in [0.15, 0.2) is 0 Å². The molecule has 0 aromatic carbocycles. The van der Waals surface area contributed by atoms with Crippen molar-refractivity contribution in [2.75, 3.05) is 24.5 Å². The molecule has 2 aliphatic heterocycles. The van der Waals surface area contributed by atoms with E-state index in [1.165, 1.54) is 16.2 Å². The molecule has 0 aliphatic carbocycles. The molecular weight excluding hydrogens is 374 g/mol. The quantitative estimate of drug-likeness (QED) is 0.723. The topological polar surface area (TPSA) is 69.6 Å². The Labute approximate surface area is 169 Å². The lowest BCUT2D eigenvalue weighted by atomic mass is 9.85. The predicted molar refractivity (Wildman–Crippen MR) is 108 cm³/mol. The molecule has 0 radical (unpaired) electrons. The van der Waals surface area contributed by atoms with Crippen LogP contribution in [0.5, 0.6) is 0 Å². The maximum Gasteiger partial charge on any atom is 0.328 e. The van der Waals surface area contributed by atoms with E-state index in [-0.39, 0.29) is 11.9 Å². The number of aromatic nitrogens is 2. The zero-order chi connectivity index (χ0) is 19.7. The van der Waals surface area contributed by atoms with E-state index in [9.17, 15) is 9.59 Å². The number of rotatable bonds is 5. The molecule has 0 saturated carbocycles. The van der Waals surface area contributed by atoms with Crippen LogP contribution in [0.25, 0.3) is 0 Å². The van der Waals surface area contributed by atoms with Crippen LogP contribution in [0.2, 0.25) is 0 Å². The second kappa shape index (κ2) is 7.50. The summed E-state index contributed by atoms with van der Waals surface area (Å²) in [5.74, 6) is 1.16. The van der Waals surface area contributed by atoms with Crippen molar-refractivity contribution in [1.29, 1.82) is 0 Å². The Morgan fingerprint density at radius 1 is 1.21 bits per heavy atom. The van der Waals surface area contributed by atoms with E-state index in [1.807, 2.05) is 23.1 Å². The number of hydrogen-bond donors (Lipinski definition) is 0. The first kappa shape index (κ1) is 18.9. The third-order valence-corrected chi connectivity index (χ3v) is 6.30. The number of hydrogen-bond acceptors (Lipinski definition) is 6. The molecule has 2 aliphatic rings. The van der Waals surface area contributed by atoms with Gasteiger partial charge < -0.3 is 9.80 Å². The molecule has 2 fully saturated rings. The Morgan fingerprint density at radius 3 is 2.61 bits per heavy atom. The zero-order valence-corrected chi connectivity index (χ0v) is 17.1. The average Bonchev–Trinajstić information content (AvgIpc) is 3.28. The van der Waals surface area contributed by atoms with Crippen LogP contribution in [0.4, 0.5) is 10.6 Å². The second-order valence-electron chi connectivity index (χ2n) is 7.85. The number of nitrogens with zero attached hydrogens (tertiary/aromatic N) is 5. The van der Waals surface area contributed by atoms with Gasteiger partial charge in [0, 0.05) is 36.9 Å². The Hall–Kier alpha value is -2.48. The van der Waals surface area contributed by atoms with Crippen molar-refractivity contribution in [3.05, 3.63) is 41.0 Å². The van der Waals surface area contributed by atoms with Gasteiger partial charge in [-0.05, 0) is 30.9 Å². The minimum Gasteiger partial charge on any atom is -0.356 e. The molecule has 1 spiro atoms. The SMILES string of the molecule is CC(C)CN1C(=O)N(Cc2cncs2)C(=O)C12CCN(c1ccccn1)CC2. The number of carbonyl (C=O) groups is 2. The summed E-state index contributed by atoms with van der Waals surface area (Å²) in [5.41, 5.74) is 0.991. The molecule has 7 nitrogen and oxygen atoms in total. The van der Waals surface area contributed by atoms with E-state index in [0.717, 1.165) is 10.7 Å². The fourth-order valence-electron chi connectivity index (χ4n) is 4.15. The molecule has 0 bridgehead atoms. The third-order valence-electron chi connectivity index (χ3n) is 5.53. The smallest absolute Gasteiger partial charge is 0.328 e. The largest absolute Gasteiger partial charge is 0.356 e. The highest BCUT2D eigenvalue weighted by Gasteiger charge is 2.58. The number of carbonyl (C=O) groups excluding carboxylic acids is 2. The molecule has 0 atom stereocenters. The summed E-state index contributed by atoms with van der Waals surface area (Å²) in [4.78, 5) is 41.5. The number of imide groups is 1. The molecule has 2 saturated heterocycles. The number of amides is 3. The van der Waals surface area contributed by atoms with Crippen molar-refractivity contribution in [1.82, 2.24) is 19.8 Å². The van der Waals surface area contributed by atoms with Crippen LogP contribution in [-0.2, 0) is 11.3 Å². The van der Waals surface area contributed by atoms with Crippen molar-refractivity contribution in [2.45, 2.75) is 38.8 Å². The second-order valence-corrected chi connectivity index (χ2v) is 8.82. The lowest BCUT2D eigenvalue weighted by molar-refractivity contribution is -0.134. The highest BCUT2D eigenvalue weighted by Crippen LogP contribution is 2.39. The van der Waals surface area contributed by atoms with Crippen LogP contribution in [0.3, 0.4) is 0 Å². The first-order chi connectivity index (χ1) is 13.5. The summed E-state index contributed by atoms with van der Waals surface area (Å²) in [6, 6.07) is 5.69. The molecule has 3 amide bonds. The van der Waals surface area contributed by atoms with E-state index < -0.39 is 5.54 Å². The van der Waals surface area contributed by atoms with Crippen LogP contribution >= 0.6 is 11.3 Å². The van der Waals surface area contributed by atoms with Gasteiger partial charge in [-0.15, -0.1) is 11.3 Å². The highest BCUT2D eigenvalue weighted by molar-refractivity contribution is 7.09. The minimum atomic E-state index is -0.739. The molecule has 2 aromatic heterocycles. The number of pyridine rings is 1. The van der Waals surface area contributed by atoms with E-state index in [4.69, 9.17) is 0 Å². The Balaban J connectivity index is 1.58. The summed E-state index contributed by atoms with van der Waals surface area (Å²) >= 11 is 1.47. The van der Waals surface area contributed by atoms with Gasteiger partial charge in [0.2, 0.25) is 0 Å². The van der Waals surface area contributed by atoms with Gasteiger partial charge in [-0.3, -0.25) is 14.7 Å². The predicted octanol–water partition coefficient (Wildman–Crippen LogP) is 3.00. The van der Waals surface area contributed by atoms with Crippen molar-refractivity contribution in [2.24, 2.45) is 5.92 Å². The molecule has 4 rings (SSSR count). The van der Waals surface area contributed by atoms with Gasteiger partial charge in [0.1, 0.15) is 11.4 Å². The molecule has 28 heavy (non-hydrogen) atoms. The lowest BCUT2D eigenvalue weighted by Gasteiger charge is -2.43. The maximum atomic E-state index is 13.5. The number of urea groups is 1. The van der Waals surface area contributed by atoms with Gasteiger partial charge in [0.05, 0.1) is 12.1 Å². The van der Waals surface area contributed by atoms with Gasteiger partial charge in [0.25, 0.3) is 5.91 Å². The molecule has 8 heteroatoms. The number of thiazole rings is 1. The fraction of sp³-hybridized carbons (Fsp3) is 0.500. The molecule has 2 aromatic rings. The van der Waals surface area contributed by atoms with Crippen LogP contribution in [0.1, 0.15) is 31.6 Å². The summed E-state index contributed by atoms with van der Waals surface area (Å²) in [7, 11) is 0. The summed E-state index contributed by atoms with van der Waals surface area (Å²) in [6.45, 7) is 6.48. The van der Waals surface area contributed by atoms with Crippen LogP contribution in [-0.4, -0.2) is 56.9 Å². The van der Waals surface area contributed by atoms with Crippen LogP contribution < -0.4 is 4.90 Å². The Bertz CT molecular complexity index is 832. The average molecular weight is 400 g/mol. The van der Waals surface area contributed by atoms with E-state index in [2.05, 4.69) is 28.7 Å². The van der Waals surface area contributed by atoms with Gasteiger partial charge in [-0.2, -0.15) is 0 Å². The summed E-state index contributed by atoms with van der Waals surface area (Å²) < 4.78 is 0. The van der Waals surface area contributed by atoms with Crippen molar-refractivity contribution >= 4 is 29.1 Å². The fourth-order valence-corrected chi connectivity index (χ4v) is 4.73. The maximum absolute atomic E-state index is 13.5. The monoisotopic (exact) mass is 399 g/mol. The lowest BCUT2D eigenvalue weighted by Crippen LogP contribution is -2.57. The molecule has 0 unspecified atom stereocenters. The zero-order valence-electron chi connectivity index (χ0n) is 16.2. The first-order valence-electron chi connectivity index (χ1n) is 9.68. The molecular formula is C20H25N5O2S. The number of piperidine rings is 1. The van der Waals surface area contributed by atoms with Crippen LogP contribution in [0.15, 0.2) is 36.1 Å². The van der Waals surface area contributed by atoms with Crippen molar-refractivity contribution in [3.63, 3.8) is 0 Å². The van der Waals surface area contributed by atoms with Crippen LogP contribution in [0, 0.1) is 5.92 Å². The Kier molecular flexibility index (Phi) is 5.05. The third kappa shape index (κ3) is 3.26. The summed E-state index contributed by atoms with van der Waals surface area (Å²) in [6.07, 6.45) is 4.76. The van der Waals surface area contributed by atoms with Gasteiger partial charge in [-0.1, -0.05) is 19.9 Å². The number of anilines is 1. The van der Waals surface area contributed by atoms with E-state index in [0.29, 0.717) is 44.9 Å². The highest BCUT2D eigenvalue weighted by atomic mass is 32.1. The normalized spacial score (nSPS) is 19.3. The van der Waals surface area contributed by atoms with Gasteiger partial charge >= 0.3 is 6.03 Å². The molecule has 4 heterocycles. The van der Waals surface area contributed by atoms with E-state index >= 15 is 0 Å². The van der Waals surface area contributed by atoms with Crippen molar-refractivity contribution < 1.29 is 9.59 Å². The van der Waals surface area contributed by atoms with E-state index in [1.54, 1.807) is 17.9 Å². The Morgan fingerprint density at radius 2 is 2.00 bits per heavy atom. The first-order valence-corrected chi connectivity index (χ1v) is 10.6. The molecule has 148 valence electrons. The minimum absolute atomic E-state index is 0.0628. The standard InChI is InChI=1S/C20H25N5O2S/c1-15(2)12-25-19(27)24(13-16-11-21-14-28-16)18(26)20(25)6-9-23(10-7-20)17-5-3-4-8-22-17/h3-5,8,11,14-15H,6-7,9-10,12-13H2,1-2H3. The van der Waals surface area contributed by atoms with Crippen molar-refractivity contribution in [3.8, 4) is 0 Å².